The van der Waals surface area contributed by atoms with Crippen LogP contribution in [0.25, 0.3) is 0 Å². The molecule has 0 bridgehead atoms. The molecule has 0 unspecified atom stereocenters. The fourth-order valence-corrected chi connectivity index (χ4v) is 1.85. The molecule has 4 heteroatoms. The normalized spacial score (nSPS) is 9.58. The Labute approximate surface area is 114 Å². The monoisotopic (exact) mass is 261 g/mol. The van der Waals surface area contributed by atoms with Gasteiger partial charge in [0.2, 0.25) is 0 Å². The second-order valence-corrected chi connectivity index (χ2v) is 3.97. The number of hydrogen-bond acceptors (Lipinski definition) is 3. The number of hydrogen-bond donors (Lipinski definition) is 0. The number of amides is 1. The van der Waals surface area contributed by atoms with Gasteiger partial charge in [-0.05, 0) is 18.6 Å². The molecule has 0 aromatic heterocycles. The van der Waals surface area contributed by atoms with E-state index in [9.17, 15) is 4.79 Å². The van der Waals surface area contributed by atoms with Gasteiger partial charge in [0.15, 0.2) is 0 Å². The summed E-state index contributed by atoms with van der Waals surface area (Å²) in [5, 5.41) is 0. The van der Waals surface area contributed by atoms with E-state index in [2.05, 4.69) is 5.92 Å². The highest BCUT2D eigenvalue weighted by atomic mass is 16.5. The van der Waals surface area contributed by atoms with E-state index in [-0.39, 0.29) is 12.5 Å². The predicted octanol–water partition coefficient (Wildman–Crippen LogP) is 2.19. The molecule has 0 fully saturated rings. The minimum Gasteiger partial charge on any atom is -0.496 e. The molecule has 1 aromatic rings. The van der Waals surface area contributed by atoms with Gasteiger partial charge in [-0.1, -0.05) is 18.9 Å². The number of carbonyl (C=O) groups excluding carboxylic acids is 1. The van der Waals surface area contributed by atoms with Gasteiger partial charge in [0.1, 0.15) is 17.1 Å². The maximum absolute atomic E-state index is 12.6. The van der Waals surface area contributed by atoms with E-state index in [0.717, 1.165) is 6.42 Å². The van der Waals surface area contributed by atoms with Crippen molar-refractivity contribution >= 4 is 5.91 Å². The van der Waals surface area contributed by atoms with Crippen molar-refractivity contribution in [3.63, 3.8) is 0 Å². The molecule has 4 nitrogen and oxygen atoms in total. The molecule has 0 saturated carbocycles. The third-order valence-corrected chi connectivity index (χ3v) is 2.70. The van der Waals surface area contributed by atoms with Crippen molar-refractivity contribution in [1.29, 1.82) is 0 Å². The molecule has 0 aliphatic carbocycles. The smallest absolute Gasteiger partial charge is 0.262 e. The van der Waals surface area contributed by atoms with E-state index in [0.29, 0.717) is 23.6 Å². The average Bonchev–Trinajstić information content (AvgIpc) is 2.45. The number of ether oxygens (including phenoxy) is 2. The fourth-order valence-electron chi connectivity index (χ4n) is 1.85. The lowest BCUT2D eigenvalue weighted by Crippen LogP contribution is -2.32. The summed E-state index contributed by atoms with van der Waals surface area (Å²) < 4.78 is 10.5. The van der Waals surface area contributed by atoms with Crippen LogP contribution in [-0.4, -0.2) is 38.1 Å². The molecule has 0 atom stereocenters. The van der Waals surface area contributed by atoms with Gasteiger partial charge in [-0.15, -0.1) is 6.42 Å². The molecule has 102 valence electrons. The lowest BCUT2D eigenvalue weighted by Gasteiger charge is -2.22. The fraction of sp³-hybridized carbons (Fsp3) is 0.400. The van der Waals surface area contributed by atoms with Crippen molar-refractivity contribution in [2.75, 3.05) is 27.3 Å². The minimum atomic E-state index is -0.172. The van der Waals surface area contributed by atoms with Crippen LogP contribution in [0, 0.1) is 12.3 Å². The second kappa shape index (κ2) is 7.32. The average molecular weight is 261 g/mol. The van der Waals surface area contributed by atoms with Crippen molar-refractivity contribution < 1.29 is 14.3 Å². The third kappa shape index (κ3) is 3.41. The van der Waals surface area contributed by atoms with Gasteiger partial charge < -0.3 is 14.4 Å². The maximum Gasteiger partial charge on any atom is 0.262 e. The molecule has 0 spiro atoms. The summed E-state index contributed by atoms with van der Waals surface area (Å²) in [6.07, 6.45) is 6.15. The molecule has 0 aliphatic rings. The van der Waals surface area contributed by atoms with Crippen LogP contribution in [0.1, 0.15) is 23.7 Å². The SMILES string of the molecule is C#CCN(CCC)C(=O)c1c(OC)cccc1OC. The van der Waals surface area contributed by atoms with Gasteiger partial charge in [-0.3, -0.25) is 4.79 Å². The second-order valence-electron chi connectivity index (χ2n) is 3.97. The number of nitrogens with zero attached hydrogens (tertiary/aromatic N) is 1. The third-order valence-electron chi connectivity index (χ3n) is 2.70. The quantitative estimate of drug-likeness (QED) is 0.737. The van der Waals surface area contributed by atoms with Crippen LogP contribution >= 0.6 is 0 Å². The summed E-state index contributed by atoms with van der Waals surface area (Å²) in [7, 11) is 3.05. The highest BCUT2D eigenvalue weighted by molar-refractivity contribution is 5.99. The van der Waals surface area contributed by atoms with Crippen LogP contribution in [0.4, 0.5) is 0 Å². The number of carbonyl (C=O) groups is 1. The summed E-state index contributed by atoms with van der Waals surface area (Å²) in [6.45, 7) is 2.87. The number of terminal acetylenes is 1. The molecule has 1 rings (SSSR count). The van der Waals surface area contributed by atoms with Crippen LogP contribution in [0.2, 0.25) is 0 Å². The molecule has 1 aromatic carbocycles. The Bertz CT molecular complexity index is 455. The van der Waals surface area contributed by atoms with Crippen LogP contribution < -0.4 is 9.47 Å². The number of rotatable bonds is 6. The van der Waals surface area contributed by atoms with E-state index < -0.39 is 0 Å². The first kappa shape index (κ1) is 14.9. The Kier molecular flexibility index (Phi) is 5.74. The zero-order valence-corrected chi connectivity index (χ0v) is 11.6. The standard InChI is InChI=1S/C15H19NO3/c1-5-10-16(11-6-2)15(17)14-12(18-3)8-7-9-13(14)19-4/h1,7-9H,6,10-11H2,2-4H3. The van der Waals surface area contributed by atoms with Crippen LogP contribution in [-0.2, 0) is 0 Å². The van der Waals surface area contributed by atoms with E-state index >= 15 is 0 Å². The van der Waals surface area contributed by atoms with E-state index in [1.165, 1.54) is 14.2 Å². The summed E-state index contributed by atoms with van der Waals surface area (Å²) in [5.41, 5.74) is 0.413. The first-order chi connectivity index (χ1) is 9.19. The van der Waals surface area contributed by atoms with Crippen LogP contribution in [0.15, 0.2) is 18.2 Å². The van der Waals surface area contributed by atoms with Crippen molar-refractivity contribution in [1.82, 2.24) is 4.90 Å². The molecule has 0 radical (unpaired) electrons. The lowest BCUT2D eigenvalue weighted by atomic mass is 10.1. The Balaban J connectivity index is 3.19. The summed E-state index contributed by atoms with van der Waals surface area (Å²) >= 11 is 0. The summed E-state index contributed by atoms with van der Waals surface area (Å²) in [4.78, 5) is 14.2. The van der Waals surface area contributed by atoms with Crippen molar-refractivity contribution in [3.8, 4) is 23.8 Å². The van der Waals surface area contributed by atoms with Gasteiger partial charge in [0, 0.05) is 6.54 Å². The van der Waals surface area contributed by atoms with Crippen LogP contribution in [0.5, 0.6) is 11.5 Å². The first-order valence-electron chi connectivity index (χ1n) is 6.13. The Hall–Kier alpha value is -2.15. The van der Waals surface area contributed by atoms with Gasteiger partial charge in [0.25, 0.3) is 5.91 Å². The van der Waals surface area contributed by atoms with Gasteiger partial charge in [-0.25, -0.2) is 0 Å². The van der Waals surface area contributed by atoms with Gasteiger partial charge in [-0.2, -0.15) is 0 Å². The summed E-state index contributed by atoms with van der Waals surface area (Å²) in [5.74, 6) is 3.31. The number of benzene rings is 1. The van der Waals surface area contributed by atoms with Crippen molar-refractivity contribution in [3.05, 3.63) is 23.8 Å². The Morgan fingerprint density at radius 3 is 2.32 bits per heavy atom. The lowest BCUT2D eigenvalue weighted by molar-refractivity contribution is 0.0770. The van der Waals surface area contributed by atoms with E-state index in [1.807, 2.05) is 6.92 Å². The zero-order valence-electron chi connectivity index (χ0n) is 11.6. The molecule has 0 heterocycles. The van der Waals surface area contributed by atoms with E-state index in [1.54, 1.807) is 23.1 Å². The molecule has 0 aliphatic heterocycles. The molecule has 19 heavy (non-hydrogen) atoms. The van der Waals surface area contributed by atoms with Crippen molar-refractivity contribution in [2.45, 2.75) is 13.3 Å². The molecule has 0 saturated heterocycles. The Morgan fingerprint density at radius 2 is 1.89 bits per heavy atom. The predicted molar refractivity (Wildman–Crippen MR) is 74.6 cm³/mol. The highest BCUT2D eigenvalue weighted by Crippen LogP contribution is 2.29. The number of methoxy groups -OCH3 is 2. The zero-order chi connectivity index (χ0) is 14.3. The van der Waals surface area contributed by atoms with Gasteiger partial charge >= 0.3 is 0 Å². The first-order valence-corrected chi connectivity index (χ1v) is 6.13. The summed E-state index contributed by atoms with van der Waals surface area (Å²) in [6, 6.07) is 5.24. The highest BCUT2D eigenvalue weighted by Gasteiger charge is 2.22. The molecule has 0 N–H and O–H groups in total. The Morgan fingerprint density at radius 1 is 1.32 bits per heavy atom. The topological polar surface area (TPSA) is 38.8 Å². The van der Waals surface area contributed by atoms with Gasteiger partial charge in [0.05, 0.1) is 20.8 Å². The van der Waals surface area contributed by atoms with Crippen molar-refractivity contribution in [2.24, 2.45) is 0 Å². The maximum atomic E-state index is 12.6. The van der Waals surface area contributed by atoms with E-state index in [4.69, 9.17) is 15.9 Å². The molecular weight excluding hydrogens is 242 g/mol. The molecule has 1 amide bonds. The largest absolute Gasteiger partial charge is 0.496 e. The molecular formula is C15H19NO3. The minimum absolute atomic E-state index is 0.172. The van der Waals surface area contributed by atoms with Crippen LogP contribution in [0.3, 0.4) is 0 Å².